The van der Waals surface area contributed by atoms with Crippen molar-refractivity contribution in [3.63, 3.8) is 0 Å². The lowest BCUT2D eigenvalue weighted by Gasteiger charge is -2.36. The first-order valence-electron chi connectivity index (χ1n) is 9.50. The van der Waals surface area contributed by atoms with Gasteiger partial charge in [0.2, 0.25) is 0 Å². The van der Waals surface area contributed by atoms with E-state index in [1.807, 2.05) is 12.4 Å². The van der Waals surface area contributed by atoms with Gasteiger partial charge in [-0.2, -0.15) is 0 Å². The number of aromatic nitrogens is 2. The van der Waals surface area contributed by atoms with Gasteiger partial charge in [0.15, 0.2) is 0 Å². The van der Waals surface area contributed by atoms with E-state index < -0.39 is 0 Å². The number of rotatable bonds is 5. The van der Waals surface area contributed by atoms with Crippen molar-refractivity contribution in [3.8, 4) is 0 Å². The van der Waals surface area contributed by atoms with Crippen LogP contribution in [0.4, 0.5) is 0 Å². The standard InChI is InChI=1S/C19H32N4/c1-16-4-6-17(7-5-16)13-23(14-18-11-21-15-22-12-18)19-3-2-9-20-10-8-19/h11-12,15-17,19-20H,2-10,13-14H2,1H3/t16?,17?,19-/m0/s1. The molecule has 1 aromatic rings. The van der Waals surface area contributed by atoms with Gasteiger partial charge in [0, 0.05) is 37.1 Å². The molecule has 1 saturated carbocycles. The van der Waals surface area contributed by atoms with E-state index in [0.29, 0.717) is 6.04 Å². The van der Waals surface area contributed by atoms with Gasteiger partial charge >= 0.3 is 0 Å². The third-order valence-corrected chi connectivity index (χ3v) is 5.69. The normalized spacial score (nSPS) is 29.4. The number of hydrogen-bond donors (Lipinski definition) is 1. The van der Waals surface area contributed by atoms with Gasteiger partial charge in [-0.1, -0.05) is 19.8 Å². The summed E-state index contributed by atoms with van der Waals surface area (Å²) in [6, 6.07) is 0.713. The molecule has 0 radical (unpaired) electrons. The van der Waals surface area contributed by atoms with Crippen LogP contribution in [0.5, 0.6) is 0 Å². The van der Waals surface area contributed by atoms with Crippen LogP contribution in [-0.4, -0.2) is 40.5 Å². The van der Waals surface area contributed by atoms with Crippen molar-refractivity contribution in [1.29, 1.82) is 0 Å². The lowest BCUT2D eigenvalue weighted by molar-refractivity contribution is 0.123. The topological polar surface area (TPSA) is 41.1 Å². The van der Waals surface area contributed by atoms with E-state index in [9.17, 15) is 0 Å². The lowest BCUT2D eigenvalue weighted by atomic mass is 9.82. The third-order valence-electron chi connectivity index (χ3n) is 5.69. The first-order valence-corrected chi connectivity index (χ1v) is 9.50. The molecule has 1 saturated heterocycles. The Kier molecular flexibility index (Phi) is 6.40. The van der Waals surface area contributed by atoms with Crippen LogP contribution in [0.25, 0.3) is 0 Å². The smallest absolute Gasteiger partial charge is 0.115 e. The third kappa shape index (κ3) is 5.25. The zero-order valence-electron chi connectivity index (χ0n) is 14.6. The minimum Gasteiger partial charge on any atom is -0.317 e. The van der Waals surface area contributed by atoms with Gasteiger partial charge in [-0.15, -0.1) is 0 Å². The fourth-order valence-corrected chi connectivity index (χ4v) is 4.20. The molecule has 2 heterocycles. The molecule has 0 bridgehead atoms. The van der Waals surface area contributed by atoms with Crippen molar-refractivity contribution >= 4 is 0 Å². The molecule has 1 atom stereocenters. The van der Waals surface area contributed by atoms with E-state index in [4.69, 9.17) is 0 Å². The van der Waals surface area contributed by atoms with E-state index in [1.54, 1.807) is 6.33 Å². The Hall–Kier alpha value is -1.00. The Labute approximate surface area is 141 Å². The molecule has 1 aromatic heterocycles. The molecule has 0 unspecified atom stereocenters. The van der Waals surface area contributed by atoms with E-state index in [1.165, 1.54) is 63.6 Å². The average molecular weight is 316 g/mol. The van der Waals surface area contributed by atoms with Crippen molar-refractivity contribution in [3.05, 3.63) is 24.3 Å². The second-order valence-electron chi connectivity index (χ2n) is 7.64. The molecule has 2 fully saturated rings. The van der Waals surface area contributed by atoms with Crippen LogP contribution in [0.3, 0.4) is 0 Å². The quantitative estimate of drug-likeness (QED) is 0.905. The van der Waals surface area contributed by atoms with Crippen molar-refractivity contribution < 1.29 is 0 Å². The van der Waals surface area contributed by atoms with Crippen molar-refractivity contribution in [2.24, 2.45) is 11.8 Å². The molecule has 0 spiro atoms. The highest BCUT2D eigenvalue weighted by Gasteiger charge is 2.25. The summed E-state index contributed by atoms with van der Waals surface area (Å²) in [7, 11) is 0. The maximum absolute atomic E-state index is 4.21. The summed E-state index contributed by atoms with van der Waals surface area (Å²) in [5.41, 5.74) is 1.26. The fourth-order valence-electron chi connectivity index (χ4n) is 4.20. The predicted octanol–water partition coefficient (Wildman–Crippen LogP) is 3.25. The highest BCUT2D eigenvalue weighted by atomic mass is 15.2. The lowest BCUT2D eigenvalue weighted by Crippen LogP contribution is -2.39. The molecule has 23 heavy (non-hydrogen) atoms. The molecular weight excluding hydrogens is 284 g/mol. The van der Waals surface area contributed by atoms with E-state index in [0.717, 1.165) is 24.9 Å². The van der Waals surface area contributed by atoms with E-state index >= 15 is 0 Å². The second kappa shape index (κ2) is 8.74. The van der Waals surface area contributed by atoms with Crippen LogP contribution >= 0.6 is 0 Å². The average Bonchev–Trinajstić information content (AvgIpc) is 2.86. The SMILES string of the molecule is CC1CCC(CN(Cc2cncnc2)[C@H]2CCCNCC2)CC1. The largest absolute Gasteiger partial charge is 0.317 e. The summed E-state index contributed by atoms with van der Waals surface area (Å²) in [4.78, 5) is 11.2. The summed E-state index contributed by atoms with van der Waals surface area (Å²) in [6.07, 6.45) is 15.1. The molecule has 0 amide bonds. The van der Waals surface area contributed by atoms with Crippen LogP contribution < -0.4 is 5.32 Å². The molecule has 4 nitrogen and oxygen atoms in total. The first kappa shape index (κ1) is 16.8. The summed E-state index contributed by atoms with van der Waals surface area (Å²) >= 11 is 0. The van der Waals surface area contributed by atoms with Crippen LogP contribution in [0, 0.1) is 11.8 Å². The monoisotopic (exact) mass is 316 g/mol. The Morgan fingerprint density at radius 3 is 2.61 bits per heavy atom. The Morgan fingerprint density at radius 1 is 1.04 bits per heavy atom. The van der Waals surface area contributed by atoms with Crippen LogP contribution in [0.2, 0.25) is 0 Å². The van der Waals surface area contributed by atoms with Gasteiger partial charge in [-0.25, -0.2) is 9.97 Å². The van der Waals surface area contributed by atoms with Gasteiger partial charge < -0.3 is 5.32 Å². The molecule has 128 valence electrons. The number of nitrogens with one attached hydrogen (secondary N) is 1. The highest BCUT2D eigenvalue weighted by molar-refractivity contribution is 5.02. The maximum Gasteiger partial charge on any atom is 0.115 e. The summed E-state index contributed by atoms with van der Waals surface area (Å²) < 4.78 is 0. The van der Waals surface area contributed by atoms with Gasteiger partial charge in [-0.05, 0) is 57.0 Å². The minimum absolute atomic E-state index is 0.713. The molecule has 2 aliphatic rings. The van der Waals surface area contributed by atoms with E-state index in [2.05, 4.69) is 27.1 Å². The molecule has 0 aromatic carbocycles. The maximum atomic E-state index is 4.21. The summed E-state index contributed by atoms with van der Waals surface area (Å²) in [5.74, 6) is 1.82. The summed E-state index contributed by atoms with van der Waals surface area (Å²) in [5, 5.41) is 3.55. The van der Waals surface area contributed by atoms with Gasteiger partial charge in [0.1, 0.15) is 6.33 Å². The molecule has 1 aliphatic carbocycles. The number of hydrogen-bond acceptors (Lipinski definition) is 4. The van der Waals surface area contributed by atoms with E-state index in [-0.39, 0.29) is 0 Å². The highest BCUT2D eigenvalue weighted by Crippen LogP contribution is 2.30. The molecular formula is C19H32N4. The van der Waals surface area contributed by atoms with Gasteiger partial charge in [0.25, 0.3) is 0 Å². The summed E-state index contributed by atoms with van der Waals surface area (Å²) in [6.45, 7) is 7.02. The van der Waals surface area contributed by atoms with Gasteiger partial charge in [0.05, 0.1) is 0 Å². The van der Waals surface area contributed by atoms with Crippen molar-refractivity contribution in [1.82, 2.24) is 20.2 Å². The molecule has 4 heteroatoms. The van der Waals surface area contributed by atoms with Crippen LogP contribution in [0.1, 0.15) is 57.4 Å². The molecule has 1 aliphatic heterocycles. The first-order chi connectivity index (χ1) is 11.3. The van der Waals surface area contributed by atoms with Crippen molar-refractivity contribution in [2.75, 3.05) is 19.6 Å². The number of nitrogens with zero attached hydrogens (tertiary/aromatic N) is 3. The second-order valence-corrected chi connectivity index (χ2v) is 7.64. The van der Waals surface area contributed by atoms with Crippen LogP contribution in [-0.2, 0) is 6.54 Å². The Morgan fingerprint density at radius 2 is 1.83 bits per heavy atom. The molecule has 1 N–H and O–H groups in total. The Balaban J connectivity index is 1.64. The molecule has 3 rings (SSSR count). The van der Waals surface area contributed by atoms with Gasteiger partial charge in [-0.3, -0.25) is 4.90 Å². The van der Waals surface area contributed by atoms with Crippen molar-refractivity contribution in [2.45, 2.75) is 64.5 Å². The minimum atomic E-state index is 0.713. The zero-order chi connectivity index (χ0) is 15.9. The Bertz CT molecular complexity index is 434. The predicted molar refractivity (Wildman–Crippen MR) is 94.1 cm³/mol. The van der Waals surface area contributed by atoms with Crippen LogP contribution in [0.15, 0.2) is 18.7 Å². The zero-order valence-corrected chi connectivity index (χ0v) is 14.6. The fraction of sp³-hybridized carbons (Fsp3) is 0.789.